The average molecular weight is 309 g/mol. The second kappa shape index (κ2) is 5.92. The third-order valence-electron chi connectivity index (χ3n) is 3.44. The summed E-state index contributed by atoms with van der Waals surface area (Å²) in [5, 5.41) is 0. The monoisotopic (exact) mass is 309 g/mol. The van der Waals surface area contributed by atoms with E-state index < -0.39 is 11.7 Å². The summed E-state index contributed by atoms with van der Waals surface area (Å²) in [6.45, 7) is 2.65. The van der Waals surface area contributed by atoms with E-state index in [9.17, 15) is 13.2 Å². The Morgan fingerprint density at radius 2 is 1.68 bits per heavy atom. The molecule has 0 aliphatic carbocycles. The standard InChI is InChI=1S/C15H14F3N3O/c16-15(17,18)12-3-1-11(2-4-12)13-5-6-19-14(20-13)21-7-9-22-10-8-21/h1-6H,7-10H2. The molecule has 2 heterocycles. The maximum atomic E-state index is 12.6. The molecule has 0 spiro atoms. The van der Waals surface area contributed by atoms with Crippen molar-refractivity contribution in [1.82, 2.24) is 9.97 Å². The molecule has 0 atom stereocenters. The van der Waals surface area contributed by atoms with Crippen molar-refractivity contribution in [3.63, 3.8) is 0 Å². The Morgan fingerprint density at radius 1 is 1.00 bits per heavy atom. The van der Waals surface area contributed by atoms with Gasteiger partial charge in [0.15, 0.2) is 0 Å². The lowest BCUT2D eigenvalue weighted by Gasteiger charge is -2.26. The largest absolute Gasteiger partial charge is 0.416 e. The summed E-state index contributed by atoms with van der Waals surface area (Å²) >= 11 is 0. The Morgan fingerprint density at radius 3 is 2.32 bits per heavy atom. The molecule has 0 radical (unpaired) electrons. The highest BCUT2D eigenvalue weighted by molar-refractivity contribution is 5.60. The van der Waals surface area contributed by atoms with Crippen LogP contribution in [0.4, 0.5) is 19.1 Å². The van der Waals surface area contributed by atoms with Crippen molar-refractivity contribution in [2.45, 2.75) is 6.18 Å². The molecule has 0 saturated carbocycles. The Kier molecular flexibility index (Phi) is 3.98. The molecular formula is C15H14F3N3O. The van der Waals surface area contributed by atoms with Crippen LogP contribution in [0.25, 0.3) is 11.3 Å². The molecule has 0 amide bonds. The van der Waals surface area contributed by atoms with Gasteiger partial charge in [0, 0.05) is 24.8 Å². The van der Waals surface area contributed by atoms with Crippen molar-refractivity contribution in [2.24, 2.45) is 0 Å². The van der Waals surface area contributed by atoms with E-state index in [1.165, 1.54) is 12.1 Å². The number of hydrogen-bond donors (Lipinski definition) is 0. The van der Waals surface area contributed by atoms with Crippen LogP contribution in [0.2, 0.25) is 0 Å². The number of halogens is 3. The first-order chi connectivity index (χ1) is 10.5. The number of alkyl halides is 3. The lowest BCUT2D eigenvalue weighted by atomic mass is 10.1. The lowest BCUT2D eigenvalue weighted by molar-refractivity contribution is -0.137. The van der Waals surface area contributed by atoms with E-state index in [1.54, 1.807) is 12.3 Å². The minimum Gasteiger partial charge on any atom is -0.378 e. The molecule has 0 bridgehead atoms. The van der Waals surface area contributed by atoms with Gasteiger partial charge in [-0.15, -0.1) is 0 Å². The van der Waals surface area contributed by atoms with Gasteiger partial charge in [-0.3, -0.25) is 0 Å². The molecule has 1 aromatic carbocycles. The SMILES string of the molecule is FC(F)(F)c1ccc(-c2ccnc(N3CCOCC3)n2)cc1. The number of ether oxygens (including phenoxy) is 1. The van der Waals surface area contributed by atoms with Gasteiger partial charge in [0.05, 0.1) is 24.5 Å². The van der Waals surface area contributed by atoms with Gasteiger partial charge in [-0.05, 0) is 18.2 Å². The van der Waals surface area contributed by atoms with Crippen molar-refractivity contribution in [2.75, 3.05) is 31.2 Å². The molecule has 4 nitrogen and oxygen atoms in total. The Balaban J connectivity index is 1.85. The second-order valence-electron chi connectivity index (χ2n) is 4.92. The van der Waals surface area contributed by atoms with E-state index >= 15 is 0 Å². The predicted molar refractivity (Wildman–Crippen MR) is 75.5 cm³/mol. The molecule has 3 rings (SSSR count). The number of hydrogen-bond acceptors (Lipinski definition) is 4. The van der Waals surface area contributed by atoms with Crippen LogP contribution in [0.15, 0.2) is 36.5 Å². The van der Waals surface area contributed by atoms with Gasteiger partial charge >= 0.3 is 6.18 Å². The first kappa shape index (κ1) is 14.8. The van der Waals surface area contributed by atoms with Crippen molar-refractivity contribution in [3.8, 4) is 11.3 Å². The van der Waals surface area contributed by atoms with Crippen LogP contribution in [-0.4, -0.2) is 36.3 Å². The van der Waals surface area contributed by atoms with Crippen LogP contribution in [-0.2, 0) is 10.9 Å². The van der Waals surface area contributed by atoms with Crippen LogP contribution in [0, 0.1) is 0 Å². The highest BCUT2D eigenvalue weighted by Crippen LogP contribution is 2.30. The fraction of sp³-hybridized carbons (Fsp3) is 0.333. The zero-order valence-electron chi connectivity index (χ0n) is 11.7. The summed E-state index contributed by atoms with van der Waals surface area (Å²) in [4.78, 5) is 10.7. The van der Waals surface area contributed by atoms with Crippen molar-refractivity contribution in [1.29, 1.82) is 0 Å². The van der Waals surface area contributed by atoms with Crippen molar-refractivity contribution >= 4 is 5.95 Å². The summed E-state index contributed by atoms with van der Waals surface area (Å²) in [6.07, 6.45) is -2.71. The zero-order valence-corrected chi connectivity index (χ0v) is 11.7. The molecule has 0 N–H and O–H groups in total. The smallest absolute Gasteiger partial charge is 0.378 e. The maximum absolute atomic E-state index is 12.6. The van der Waals surface area contributed by atoms with E-state index in [-0.39, 0.29) is 0 Å². The first-order valence-corrected chi connectivity index (χ1v) is 6.87. The number of aromatic nitrogens is 2. The van der Waals surface area contributed by atoms with Crippen molar-refractivity contribution in [3.05, 3.63) is 42.1 Å². The van der Waals surface area contributed by atoms with Crippen LogP contribution in [0.1, 0.15) is 5.56 Å². The Bertz CT molecular complexity index is 637. The quantitative estimate of drug-likeness (QED) is 0.855. The lowest BCUT2D eigenvalue weighted by Crippen LogP contribution is -2.37. The second-order valence-corrected chi connectivity index (χ2v) is 4.92. The van der Waals surface area contributed by atoms with Crippen molar-refractivity contribution < 1.29 is 17.9 Å². The molecule has 1 aliphatic rings. The fourth-order valence-electron chi connectivity index (χ4n) is 2.25. The average Bonchev–Trinajstić information content (AvgIpc) is 2.55. The summed E-state index contributed by atoms with van der Waals surface area (Å²) < 4.78 is 43.0. The van der Waals surface area contributed by atoms with E-state index in [4.69, 9.17) is 4.74 Å². The molecule has 116 valence electrons. The van der Waals surface area contributed by atoms with Gasteiger partial charge in [-0.25, -0.2) is 9.97 Å². The summed E-state index contributed by atoms with van der Waals surface area (Å²) in [7, 11) is 0. The number of rotatable bonds is 2. The normalized spacial score (nSPS) is 15.9. The molecule has 1 aromatic heterocycles. The number of nitrogens with zero attached hydrogens (tertiary/aromatic N) is 3. The number of morpholine rings is 1. The predicted octanol–water partition coefficient (Wildman–Crippen LogP) is 3.00. The first-order valence-electron chi connectivity index (χ1n) is 6.87. The topological polar surface area (TPSA) is 38.2 Å². The molecule has 1 saturated heterocycles. The molecule has 1 fully saturated rings. The summed E-state index contributed by atoms with van der Waals surface area (Å²) in [6, 6.07) is 6.66. The van der Waals surface area contributed by atoms with Gasteiger partial charge in [0.2, 0.25) is 5.95 Å². The minimum atomic E-state index is -4.33. The van der Waals surface area contributed by atoms with Crippen LogP contribution >= 0.6 is 0 Å². The Labute approximate surface area is 125 Å². The highest BCUT2D eigenvalue weighted by atomic mass is 19.4. The van der Waals surface area contributed by atoms with Gasteiger partial charge in [-0.1, -0.05) is 12.1 Å². The molecule has 22 heavy (non-hydrogen) atoms. The minimum absolute atomic E-state index is 0.570. The van der Waals surface area contributed by atoms with E-state index in [0.29, 0.717) is 43.5 Å². The molecule has 1 aliphatic heterocycles. The zero-order chi connectivity index (χ0) is 15.6. The summed E-state index contributed by atoms with van der Waals surface area (Å²) in [5.74, 6) is 0.570. The van der Waals surface area contributed by atoms with E-state index in [2.05, 4.69) is 9.97 Å². The van der Waals surface area contributed by atoms with Gasteiger partial charge in [0.25, 0.3) is 0 Å². The molecule has 2 aromatic rings. The number of benzene rings is 1. The summed E-state index contributed by atoms with van der Waals surface area (Å²) in [5.41, 5.74) is 0.564. The molecule has 7 heteroatoms. The Hall–Kier alpha value is -2.15. The third-order valence-corrected chi connectivity index (χ3v) is 3.44. The molecule has 0 unspecified atom stereocenters. The van der Waals surface area contributed by atoms with Gasteiger partial charge in [0.1, 0.15) is 0 Å². The third kappa shape index (κ3) is 3.19. The van der Waals surface area contributed by atoms with Gasteiger partial charge in [-0.2, -0.15) is 13.2 Å². The van der Waals surface area contributed by atoms with Crippen LogP contribution in [0.3, 0.4) is 0 Å². The van der Waals surface area contributed by atoms with E-state index in [1.807, 2.05) is 4.90 Å². The maximum Gasteiger partial charge on any atom is 0.416 e. The highest BCUT2D eigenvalue weighted by Gasteiger charge is 2.30. The van der Waals surface area contributed by atoms with Crippen LogP contribution in [0.5, 0.6) is 0 Å². The number of anilines is 1. The fourth-order valence-corrected chi connectivity index (χ4v) is 2.25. The molecular weight excluding hydrogens is 295 g/mol. The van der Waals surface area contributed by atoms with Crippen LogP contribution < -0.4 is 4.90 Å². The van der Waals surface area contributed by atoms with E-state index in [0.717, 1.165) is 12.1 Å². The van der Waals surface area contributed by atoms with Gasteiger partial charge < -0.3 is 9.64 Å².